The molecule has 4 aliphatic carbocycles. The Morgan fingerprint density at radius 3 is 2.68 bits per heavy atom. The Bertz CT molecular complexity index is 672. The second-order valence-corrected chi connectivity index (χ2v) is 7.82. The Labute approximate surface area is 134 Å². The predicted octanol–water partition coefficient (Wildman–Crippen LogP) is 3.36. The van der Waals surface area contributed by atoms with Crippen molar-refractivity contribution in [2.75, 3.05) is 0 Å². The first-order valence-electron chi connectivity index (χ1n) is 8.16. The third kappa shape index (κ3) is 1.72. The van der Waals surface area contributed by atoms with Gasteiger partial charge in [-0.3, -0.25) is 14.4 Å². The van der Waals surface area contributed by atoms with Gasteiger partial charge in [-0.15, -0.1) is 0 Å². The van der Waals surface area contributed by atoms with Crippen molar-refractivity contribution in [2.45, 2.75) is 45.4 Å². The summed E-state index contributed by atoms with van der Waals surface area (Å²) >= 11 is 5.98. The van der Waals surface area contributed by atoms with Gasteiger partial charge < -0.3 is 0 Å². The number of carbonyl (C=O) groups excluding carboxylic acids is 3. The maximum absolute atomic E-state index is 12.5. The molecule has 4 atom stereocenters. The highest BCUT2D eigenvalue weighted by atomic mass is 35.5. The van der Waals surface area contributed by atoms with E-state index in [1.165, 1.54) is 6.08 Å². The SMILES string of the molecule is C[C@]12CC[C@@H]3C4=C(CC[C@H]3[C@@H]1CCC2=O)C(=O)C=C(Cl)C4=O. The molecule has 0 spiro atoms. The molecule has 0 aromatic rings. The minimum atomic E-state index is -0.208. The van der Waals surface area contributed by atoms with E-state index in [1.54, 1.807) is 0 Å². The maximum Gasteiger partial charge on any atom is 0.201 e. The van der Waals surface area contributed by atoms with Crippen LogP contribution in [0.25, 0.3) is 0 Å². The number of allylic oxidation sites excluding steroid dienone is 4. The molecule has 3 nitrogen and oxygen atoms in total. The molecule has 2 fully saturated rings. The molecule has 22 heavy (non-hydrogen) atoms. The summed E-state index contributed by atoms with van der Waals surface area (Å²) in [6, 6.07) is 0. The molecule has 2 saturated carbocycles. The first-order chi connectivity index (χ1) is 10.4. The highest BCUT2D eigenvalue weighted by molar-refractivity contribution is 6.48. The number of ketones is 3. The van der Waals surface area contributed by atoms with E-state index < -0.39 is 0 Å². The molecule has 0 aromatic heterocycles. The van der Waals surface area contributed by atoms with E-state index in [-0.39, 0.29) is 27.9 Å². The van der Waals surface area contributed by atoms with E-state index in [9.17, 15) is 14.4 Å². The second-order valence-electron chi connectivity index (χ2n) is 7.41. The summed E-state index contributed by atoms with van der Waals surface area (Å²) in [5.41, 5.74) is 1.15. The Hall–Kier alpha value is -1.22. The molecule has 0 saturated heterocycles. The van der Waals surface area contributed by atoms with Gasteiger partial charge >= 0.3 is 0 Å². The molecule has 0 aromatic carbocycles. The van der Waals surface area contributed by atoms with E-state index in [0.717, 1.165) is 25.7 Å². The average molecular weight is 319 g/mol. The van der Waals surface area contributed by atoms with Gasteiger partial charge in [0, 0.05) is 29.1 Å². The smallest absolute Gasteiger partial charge is 0.201 e. The summed E-state index contributed by atoms with van der Waals surface area (Å²) in [4.78, 5) is 37.0. The van der Waals surface area contributed by atoms with E-state index in [2.05, 4.69) is 6.92 Å². The van der Waals surface area contributed by atoms with Crippen LogP contribution in [0.5, 0.6) is 0 Å². The molecule has 116 valence electrons. The van der Waals surface area contributed by atoms with Gasteiger partial charge in [0.15, 0.2) is 5.78 Å². The van der Waals surface area contributed by atoms with E-state index >= 15 is 0 Å². The summed E-state index contributed by atoms with van der Waals surface area (Å²) in [5, 5.41) is 0.0558. The van der Waals surface area contributed by atoms with E-state index in [0.29, 0.717) is 41.6 Å². The molecule has 0 amide bonds. The molecule has 0 aliphatic heterocycles. The normalized spacial score (nSPS) is 41.1. The van der Waals surface area contributed by atoms with Crippen molar-refractivity contribution in [1.29, 1.82) is 0 Å². The third-order valence-corrected chi connectivity index (χ3v) is 6.87. The molecule has 0 heterocycles. The van der Waals surface area contributed by atoms with Gasteiger partial charge in [-0.05, 0) is 49.9 Å². The van der Waals surface area contributed by atoms with Gasteiger partial charge in [0.05, 0.1) is 5.03 Å². The Morgan fingerprint density at radius 1 is 1.14 bits per heavy atom. The number of carbonyl (C=O) groups is 3. The van der Waals surface area contributed by atoms with Crippen LogP contribution in [0.1, 0.15) is 45.4 Å². The van der Waals surface area contributed by atoms with Gasteiger partial charge in [0.25, 0.3) is 0 Å². The highest BCUT2D eigenvalue weighted by Crippen LogP contribution is 2.59. The topological polar surface area (TPSA) is 51.2 Å². The van der Waals surface area contributed by atoms with E-state index in [4.69, 9.17) is 11.6 Å². The molecule has 4 aliphatic rings. The average Bonchev–Trinajstić information content (AvgIpc) is 2.80. The quantitative estimate of drug-likeness (QED) is 0.643. The summed E-state index contributed by atoms with van der Waals surface area (Å²) < 4.78 is 0. The van der Waals surface area contributed by atoms with Gasteiger partial charge in [-0.2, -0.15) is 0 Å². The number of hydrogen-bond acceptors (Lipinski definition) is 3. The highest BCUT2D eigenvalue weighted by Gasteiger charge is 2.56. The summed E-state index contributed by atoms with van der Waals surface area (Å²) in [6.45, 7) is 2.11. The van der Waals surface area contributed by atoms with Crippen molar-refractivity contribution in [3.05, 3.63) is 22.3 Å². The minimum Gasteiger partial charge on any atom is -0.299 e. The number of hydrogen-bond donors (Lipinski definition) is 0. The zero-order valence-corrected chi connectivity index (χ0v) is 13.4. The lowest BCUT2D eigenvalue weighted by atomic mass is 9.54. The molecule has 0 radical (unpaired) electrons. The third-order valence-electron chi connectivity index (χ3n) is 6.59. The Balaban J connectivity index is 1.75. The monoisotopic (exact) mass is 318 g/mol. The van der Waals surface area contributed by atoms with Gasteiger partial charge in [-0.25, -0.2) is 0 Å². The summed E-state index contributed by atoms with van der Waals surface area (Å²) in [6.07, 6.45) is 6.11. The van der Waals surface area contributed by atoms with Crippen molar-refractivity contribution >= 4 is 29.0 Å². The van der Waals surface area contributed by atoms with Crippen LogP contribution in [0.2, 0.25) is 0 Å². The fourth-order valence-corrected chi connectivity index (χ4v) is 5.65. The molecular formula is C18H19ClO3. The fraction of sp³-hybridized carbons (Fsp3) is 0.611. The summed E-state index contributed by atoms with van der Waals surface area (Å²) in [7, 11) is 0. The molecule has 0 bridgehead atoms. The Morgan fingerprint density at radius 2 is 1.91 bits per heavy atom. The molecule has 0 N–H and O–H groups in total. The number of rotatable bonds is 0. The maximum atomic E-state index is 12.5. The van der Waals surface area contributed by atoms with Crippen LogP contribution in [0.3, 0.4) is 0 Å². The van der Waals surface area contributed by atoms with Gasteiger partial charge in [0.1, 0.15) is 5.78 Å². The van der Waals surface area contributed by atoms with Gasteiger partial charge in [-0.1, -0.05) is 18.5 Å². The lowest BCUT2D eigenvalue weighted by Gasteiger charge is -2.48. The van der Waals surface area contributed by atoms with Crippen molar-refractivity contribution in [1.82, 2.24) is 0 Å². The van der Waals surface area contributed by atoms with Crippen molar-refractivity contribution in [2.24, 2.45) is 23.2 Å². The van der Waals surface area contributed by atoms with Crippen LogP contribution in [-0.2, 0) is 14.4 Å². The van der Waals surface area contributed by atoms with E-state index in [1.807, 2.05) is 0 Å². The lowest BCUT2D eigenvalue weighted by Crippen LogP contribution is -2.45. The van der Waals surface area contributed by atoms with Crippen LogP contribution >= 0.6 is 11.6 Å². The van der Waals surface area contributed by atoms with Crippen molar-refractivity contribution in [3.63, 3.8) is 0 Å². The largest absolute Gasteiger partial charge is 0.299 e. The van der Waals surface area contributed by atoms with Crippen molar-refractivity contribution < 1.29 is 14.4 Å². The first kappa shape index (κ1) is 14.4. The zero-order valence-electron chi connectivity index (χ0n) is 12.7. The standard InChI is InChI=1S/C18H19ClO3/c1-18-7-6-10-9(12(18)4-5-15(18)21)2-3-11-14(20)8-13(19)17(22)16(10)11/h8-10,12H,2-7H2,1H3/t9-,10+,12+,18+/m1/s1. The number of halogens is 1. The molecule has 0 unspecified atom stereocenters. The predicted molar refractivity (Wildman–Crippen MR) is 82.3 cm³/mol. The molecule has 4 rings (SSSR count). The lowest BCUT2D eigenvalue weighted by molar-refractivity contribution is -0.130. The number of Topliss-reactive ketones (excluding diaryl/α,β-unsaturated/α-hetero) is 2. The molecule has 4 heteroatoms. The van der Waals surface area contributed by atoms with Crippen LogP contribution in [0, 0.1) is 23.2 Å². The zero-order chi connectivity index (χ0) is 15.6. The van der Waals surface area contributed by atoms with Gasteiger partial charge in [0.2, 0.25) is 5.78 Å². The summed E-state index contributed by atoms with van der Waals surface area (Å²) in [5.74, 6) is 0.975. The number of fused-ring (bicyclic) bond motifs is 4. The minimum absolute atomic E-state index is 0.0558. The van der Waals surface area contributed by atoms with Crippen molar-refractivity contribution in [3.8, 4) is 0 Å². The molecular weight excluding hydrogens is 300 g/mol. The van der Waals surface area contributed by atoms with Crippen LogP contribution in [0.4, 0.5) is 0 Å². The van der Waals surface area contributed by atoms with Crippen LogP contribution in [-0.4, -0.2) is 17.3 Å². The van der Waals surface area contributed by atoms with Crippen LogP contribution in [0.15, 0.2) is 22.3 Å². The van der Waals surface area contributed by atoms with Crippen LogP contribution < -0.4 is 0 Å². The first-order valence-corrected chi connectivity index (χ1v) is 8.54. The Kier molecular flexibility index (Phi) is 3.03. The fourth-order valence-electron chi connectivity index (χ4n) is 5.45. The second kappa shape index (κ2) is 4.64.